The fraction of sp³-hybridized carbons (Fsp3) is 0.118. The first-order chi connectivity index (χ1) is 12.4. The molecule has 136 valence electrons. The molecule has 2 aromatic carbocycles. The Morgan fingerprint density at radius 3 is 2.27 bits per heavy atom. The fourth-order valence-corrected chi connectivity index (χ4v) is 2.49. The SMILES string of the molecule is COc1cccc(NC(=O)CNC(=O)C(=O)Nc2cc(Cl)cc(Cl)c2)c1. The average Bonchev–Trinajstić information content (AvgIpc) is 2.58. The Morgan fingerprint density at radius 1 is 0.923 bits per heavy atom. The van der Waals surface area contributed by atoms with Gasteiger partial charge in [-0.2, -0.15) is 0 Å². The number of carbonyl (C=O) groups excluding carboxylic acids is 3. The van der Waals surface area contributed by atoms with E-state index in [1.54, 1.807) is 24.3 Å². The minimum atomic E-state index is -0.970. The molecule has 2 aromatic rings. The Labute approximate surface area is 159 Å². The summed E-state index contributed by atoms with van der Waals surface area (Å²) in [6.07, 6.45) is 0. The predicted molar refractivity (Wildman–Crippen MR) is 99.7 cm³/mol. The van der Waals surface area contributed by atoms with Crippen molar-refractivity contribution in [3.8, 4) is 5.75 Å². The lowest BCUT2D eigenvalue weighted by atomic mass is 10.3. The molecule has 0 aliphatic heterocycles. The highest BCUT2D eigenvalue weighted by Gasteiger charge is 2.15. The number of benzene rings is 2. The second-order valence-corrected chi connectivity index (χ2v) is 5.95. The zero-order valence-electron chi connectivity index (χ0n) is 13.6. The smallest absolute Gasteiger partial charge is 0.313 e. The van der Waals surface area contributed by atoms with Crippen LogP contribution in [-0.4, -0.2) is 31.4 Å². The van der Waals surface area contributed by atoms with E-state index in [0.29, 0.717) is 21.5 Å². The molecule has 0 aliphatic rings. The number of carbonyl (C=O) groups is 3. The average molecular weight is 396 g/mol. The van der Waals surface area contributed by atoms with Crippen molar-refractivity contribution in [2.45, 2.75) is 0 Å². The van der Waals surface area contributed by atoms with Crippen molar-refractivity contribution in [1.29, 1.82) is 0 Å². The van der Waals surface area contributed by atoms with Crippen molar-refractivity contribution in [2.75, 3.05) is 24.3 Å². The molecule has 0 bridgehead atoms. The van der Waals surface area contributed by atoms with E-state index in [2.05, 4.69) is 16.0 Å². The number of nitrogens with one attached hydrogen (secondary N) is 3. The number of halogens is 2. The number of hydrogen-bond donors (Lipinski definition) is 3. The lowest BCUT2D eigenvalue weighted by Gasteiger charge is -2.09. The largest absolute Gasteiger partial charge is 0.497 e. The van der Waals surface area contributed by atoms with Crippen LogP contribution in [0.1, 0.15) is 0 Å². The number of amides is 3. The van der Waals surface area contributed by atoms with E-state index in [1.165, 1.54) is 25.3 Å². The highest BCUT2D eigenvalue weighted by molar-refractivity contribution is 6.40. The van der Waals surface area contributed by atoms with Gasteiger partial charge in [-0.15, -0.1) is 0 Å². The van der Waals surface area contributed by atoms with E-state index in [-0.39, 0.29) is 12.2 Å². The Kier molecular flexibility index (Phi) is 6.82. The molecule has 0 aromatic heterocycles. The first kappa shape index (κ1) is 19.6. The summed E-state index contributed by atoms with van der Waals surface area (Å²) < 4.78 is 5.05. The van der Waals surface area contributed by atoms with Crippen molar-refractivity contribution in [3.63, 3.8) is 0 Å². The molecule has 0 saturated heterocycles. The number of anilines is 2. The monoisotopic (exact) mass is 395 g/mol. The molecular formula is C17H15Cl2N3O4. The van der Waals surface area contributed by atoms with E-state index in [1.807, 2.05) is 0 Å². The van der Waals surface area contributed by atoms with E-state index in [4.69, 9.17) is 27.9 Å². The molecule has 9 heteroatoms. The van der Waals surface area contributed by atoms with Crippen LogP contribution in [0.4, 0.5) is 11.4 Å². The van der Waals surface area contributed by atoms with Crippen molar-refractivity contribution in [2.24, 2.45) is 0 Å². The Morgan fingerprint density at radius 2 is 1.62 bits per heavy atom. The lowest BCUT2D eigenvalue weighted by Crippen LogP contribution is -2.39. The van der Waals surface area contributed by atoms with Gasteiger partial charge in [0.05, 0.1) is 13.7 Å². The van der Waals surface area contributed by atoms with E-state index in [9.17, 15) is 14.4 Å². The molecular weight excluding hydrogens is 381 g/mol. The molecule has 0 spiro atoms. The molecule has 7 nitrogen and oxygen atoms in total. The fourth-order valence-electron chi connectivity index (χ4n) is 1.96. The minimum absolute atomic E-state index is 0.267. The molecule has 3 amide bonds. The Hall–Kier alpha value is -2.77. The van der Waals surface area contributed by atoms with Gasteiger partial charge >= 0.3 is 11.8 Å². The summed E-state index contributed by atoms with van der Waals surface area (Å²) in [5.41, 5.74) is 0.769. The summed E-state index contributed by atoms with van der Waals surface area (Å²) in [6.45, 7) is -0.375. The van der Waals surface area contributed by atoms with Crippen molar-refractivity contribution in [3.05, 3.63) is 52.5 Å². The maximum atomic E-state index is 11.9. The molecule has 3 N–H and O–H groups in total. The third kappa shape index (κ3) is 5.94. The van der Waals surface area contributed by atoms with Crippen LogP contribution in [0.25, 0.3) is 0 Å². The summed E-state index contributed by atoms with van der Waals surface area (Å²) in [6, 6.07) is 11.1. The van der Waals surface area contributed by atoms with Crippen LogP contribution in [0.5, 0.6) is 5.75 Å². The van der Waals surface area contributed by atoms with Gasteiger partial charge in [-0.1, -0.05) is 29.3 Å². The normalized spacial score (nSPS) is 9.96. The third-order valence-electron chi connectivity index (χ3n) is 3.09. The standard InChI is InChI=1S/C17H15Cl2N3O4/c1-26-14-4-2-3-12(8-14)21-15(23)9-20-16(24)17(25)22-13-6-10(18)5-11(19)7-13/h2-8H,9H2,1H3,(H,20,24)(H,21,23)(H,22,25). The van der Waals surface area contributed by atoms with Crippen LogP contribution >= 0.6 is 23.2 Å². The van der Waals surface area contributed by atoms with Crippen LogP contribution in [0.2, 0.25) is 10.0 Å². The first-order valence-corrected chi connectivity index (χ1v) is 8.12. The summed E-state index contributed by atoms with van der Waals surface area (Å²) in [5.74, 6) is -1.84. The van der Waals surface area contributed by atoms with E-state index < -0.39 is 17.7 Å². The molecule has 0 heterocycles. The lowest BCUT2D eigenvalue weighted by molar-refractivity contribution is -0.136. The van der Waals surface area contributed by atoms with E-state index in [0.717, 1.165) is 0 Å². The molecule has 0 atom stereocenters. The number of rotatable bonds is 5. The molecule has 0 radical (unpaired) electrons. The highest BCUT2D eigenvalue weighted by Crippen LogP contribution is 2.22. The van der Waals surface area contributed by atoms with Crippen LogP contribution in [0, 0.1) is 0 Å². The Balaban J connectivity index is 1.84. The summed E-state index contributed by atoms with van der Waals surface area (Å²) >= 11 is 11.6. The molecule has 26 heavy (non-hydrogen) atoms. The third-order valence-corrected chi connectivity index (χ3v) is 3.53. The molecule has 0 unspecified atom stereocenters. The van der Waals surface area contributed by atoms with Gasteiger partial charge in [-0.3, -0.25) is 14.4 Å². The molecule has 0 aliphatic carbocycles. The van der Waals surface area contributed by atoms with Crippen LogP contribution < -0.4 is 20.7 Å². The van der Waals surface area contributed by atoms with Gasteiger partial charge in [0.25, 0.3) is 0 Å². The van der Waals surface area contributed by atoms with Gasteiger partial charge in [0.1, 0.15) is 5.75 Å². The molecule has 2 rings (SSSR count). The van der Waals surface area contributed by atoms with Gasteiger partial charge in [-0.25, -0.2) is 0 Å². The maximum absolute atomic E-state index is 11.9. The number of methoxy groups -OCH3 is 1. The zero-order chi connectivity index (χ0) is 19.1. The Bertz CT molecular complexity index is 822. The number of ether oxygens (including phenoxy) is 1. The van der Waals surface area contributed by atoms with Gasteiger partial charge in [0.2, 0.25) is 5.91 Å². The van der Waals surface area contributed by atoms with Crippen LogP contribution in [0.15, 0.2) is 42.5 Å². The zero-order valence-corrected chi connectivity index (χ0v) is 15.1. The molecule has 0 fully saturated rings. The van der Waals surface area contributed by atoms with Crippen molar-refractivity contribution < 1.29 is 19.1 Å². The first-order valence-electron chi connectivity index (χ1n) is 7.36. The predicted octanol–water partition coefficient (Wildman–Crippen LogP) is 2.70. The van der Waals surface area contributed by atoms with Crippen LogP contribution in [0.3, 0.4) is 0 Å². The van der Waals surface area contributed by atoms with Gasteiger partial charge in [0, 0.05) is 27.5 Å². The topological polar surface area (TPSA) is 96.5 Å². The highest BCUT2D eigenvalue weighted by atomic mass is 35.5. The second kappa shape index (κ2) is 9.07. The maximum Gasteiger partial charge on any atom is 0.313 e. The van der Waals surface area contributed by atoms with Crippen molar-refractivity contribution in [1.82, 2.24) is 5.32 Å². The van der Waals surface area contributed by atoms with Gasteiger partial charge < -0.3 is 20.7 Å². The van der Waals surface area contributed by atoms with Crippen molar-refractivity contribution >= 4 is 52.3 Å². The minimum Gasteiger partial charge on any atom is -0.497 e. The summed E-state index contributed by atoms with van der Waals surface area (Å²) in [7, 11) is 1.51. The van der Waals surface area contributed by atoms with E-state index >= 15 is 0 Å². The summed E-state index contributed by atoms with van der Waals surface area (Å²) in [5, 5.41) is 7.76. The molecule has 0 saturated carbocycles. The number of hydrogen-bond acceptors (Lipinski definition) is 4. The second-order valence-electron chi connectivity index (χ2n) is 5.08. The van der Waals surface area contributed by atoms with Crippen LogP contribution in [-0.2, 0) is 14.4 Å². The van der Waals surface area contributed by atoms with Gasteiger partial charge in [-0.05, 0) is 30.3 Å². The van der Waals surface area contributed by atoms with Gasteiger partial charge in [0.15, 0.2) is 0 Å². The summed E-state index contributed by atoms with van der Waals surface area (Å²) in [4.78, 5) is 35.5. The quantitative estimate of drug-likeness (QED) is 0.678.